The van der Waals surface area contributed by atoms with Crippen LogP contribution < -0.4 is 0 Å². The summed E-state index contributed by atoms with van der Waals surface area (Å²) >= 11 is 5.78. The molecular formula is C13H11ClO2. The Morgan fingerprint density at radius 2 is 1.88 bits per heavy atom. The number of rotatable bonds is 1. The van der Waals surface area contributed by atoms with Crippen LogP contribution in [0.5, 0.6) is 0 Å². The number of hydrogen-bond acceptors (Lipinski definition) is 2. The van der Waals surface area contributed by atoms with E-state index in [1.807, 2.05) is 18.2 Å². The zero-order chi connectivity index (χ0) is 11.5. The molecule has 0 bridgehead atoms. The second kappa shape index (κ2) is 4.54. The Balaban J connectivity index is 2.28. The van der Waals surface area contributed by atoms with Gasteiger partial charge in [0.2, 0.25) is 0 Å². The number of hydrogen-bond donors (Lipinski definition) is 1. The Morgan fingerprint density at radius 1 is 1.19 bits per heavy atom. The Morgan fingerprint density at radius 3 is 2.50 bits per heavy atom. The summed E-state index contributed by atoms with van der Waals surface area (Å²) in [4.78, 5) is 11.0. The maximum atomic E-state index is 11.0. The molecule has 1 aromatic rings. The van der Waals surface area contributed by atoms with Gasteiger partial charge in [0.05, 0.1) is 0 Å². The van der Waals surface area contributed by atoms with E-state index in [0.717, 1.165) is 11.1 Å². The predicted molar refractivity (Wildman–Crippen MR) is 64.4 cm³/mol. The van der Waals surface area contributed by atoms with Crippen molar-refractivity contribution in [3.05, 3.63) is 52.3 Å². The first kappa shape index (κ1) is 11.0. The van der Waals surface area contributed by atoms with Crippen LogP contribution in [0.3, 0.4) is 0 Å². The van der Waals surface area contributed by atoms with Crippen LogP contribution in [-0.2, 0) is 4.79 Å². The van der Waals surface area contributed by atoms with Crippen molar-refractivity contribution in [1.82, 2.24) is 0 Å². The topological polar surface area (TPSA) is 37.3 Å². The normalized spacial score (nSPS) is 18.7. The molecule has 0 aromatic heterocycles. The third-order valence-electron chi connectivity index (χ3n) is 2.48. The molecule has 0 fully saturated rings. The van der Waals surface area contributed by atoms with E-state index in [-0.39, 0.29) is 11.5 Å². The van der Waals surface area contributed by atoms with Crippen molar-refractivity contribution in [1.29, 1.82) is 0 Å². The van der Waals surface area contributed by atoms with Crippen LogP contribution >= 0.6 is 11.6 Å². The quantitative estimate of drug-likeness (QED) is 0.807. The average Bonchev–Trinajstić information content (AvgIpc) is 2.25. The minimum atomic E-state index is -0.0224. The molecule has 3 heteroatoms. The van der Waals surface area contributed by atoms with Crippen LogP contribution in [0.15, 0.2) is 41.7 Å². The second-order valence-corrected chi connectivity index (χ2v) is 4.15. The van der Waals surface area contributed by atoms with Crippen molar-refractivity contribution >= 4 is 23.5 Å². The molecule has 0 heterocycles. The standard InChI is InChI=1S/C13H11ClO2/c14-11-4-1-9(2-5-11)7-10-3-6-12(15)8-13(10)16/h1-2,4-5,7-8,16H,3,6H2/b10-7+. The van der Waals surface area contributed by atoms with E-state index in [0.29, 0.717) is 17.9 Å². The lowest BCUT2D eigenvalue weighted by molar-refractivity contribution is -0.114. The molecule has 82 valence electrons. The van der Waals surface area contributed by atoms with Crippen molar-refractivity contribution in [2.75, 3.05) is 0 Å². The number of carbonyl (C=O) groups is 1. The molecule has 2 nitrogen and oxygen atoms in total. The van der Waals surface area contributed by atoms with Crippen molar-refractivity contribution < 1.29 is 9.90 Å². The fraction of sp³-hybridized carbons (Fsp3) is 0.154. The first-order valence-electron chi connectivity index (χ1n) is 5.05. The number of ketones is 1. The number of benzene rings is 1. The van der Waals surface area contributed by atoms with E-state index in [1.165, 1.54) is 6.08 Å². The molecular weight excluding hydrogens is 224 g/mol. The van der Waals surface area contributed by atoms with E-state index >= 15 is 0 Å². The highest BCUT2D eigenvalue weighted by Crippen LogP contribution is 2.23. The fourth-order valence-corrected chi connectivity index (χ4v) is 1.74. The van der Waals surface area contributed by atoms with Crippen molar-refractivity contribution in [3.8, 4) is 0 Å². The summed E-state index contributed by atoms with van der Waals surface area (Å²) in [6.45, 7) is 0. The van der Waals surface area contributed by atoms with Crippen LogP contribution in [0.1, 0.15) is 18.4 Å². The monoisotopic (exact) mass is 234 g/mol. The lowest BCUT2D eigenvalue weighted by Crippen LogP contribution is -2.05. The molecule has 0 aliphatic heterocycles. The Hall–Kier alpha value is -1.54. The zero-order valence-electron chi connectivity index (χ0n) is 8.61. The smallest absolute Gasteiger partial charge is 0.159 e. The first-order chi connectivity index (χ1) is 7.65. The SMILES string of the molecule is O=C1C=C(O)/C(=C/c2ccc(Cl)cc2)CC1. The molecule has 0 unspecified atom stereocenters. The third kappa shape index (κ3) is 2.52. The molecule has 1 aliphatic carbocycles. The van der Waals surface area contributed by atoms with Crippen molar-refractivity contribution in [2.45, 2.75) is 12.8 Å². The van der Waals surface area contributed by atoms with Gasteiger partial charge in [0.25, 0.3) is 0 Å². The number of halogens is 1. The van der Waals surface area contributed by atoms with Gasteiger partial charge in [-0.1, -0.05) is 23.7 Å². The molecule has 1 aliphatic rings. The van der Waals surface area contributed by atoms with Crippen LogP contribution in [0.4, 0.5) is 0 Å². The summed E-state index contributed by atoms with van der Waals surface area (Å²) in [6.07, 6.45) is 4.20. The predicted octanol–water partition coefficient (Wildman–Crippen LogP) is 3.53. The summed E-state index contributed by atoms with van der Waals surface area (Å²) in [5.74, 6) is 0.0527. The van der Waals surface area contributed by atoms with Crippen molar-refractivity contribution in [3.63, 3.8) is 0 Å². The lowest BCUT2D eigenvalue weighted by atomic mass is 9.97. The number of aliphatic hydroxyl groups excluding tert-OH is 1. The van der Waals surface area contributed by atoms with Gasteiger partial charge >= 0.3 is 0 Å². The molecule has 16 heavy (non-hydrogen) atoms. The molecule has 0 spiro atoms. The fourth-order valence-electron chi connectivity index (χ4n) is 1.61. The van der Waals surface area contributed by atoms with Gasteiger partial charge in [0.15, 0.2) is 5.78 Å². The van der Waals surface area contributed by atoms with E-state index in [9.17, 15) is 9.90 Å². The van der Waals surface area contributed by atoms with Crippen LogP contribution in [0.2, 0.25) is 5.02 Å². The summed E-state index contributed by atoms with van der Waals surface area (Å²) in [5, 5.41) is 10.3. The number of allylic oxidation sites excluding steroid dienone is 2. The molecule has 0 saturated heterocycles. The van der Waals surface area contributed by atoms with E-state index in [1.54, 1.807) is 12.1 Å². The van der Waals surface area contributed by atoms with E-state index in [4.69, 9.17) is 11.6 Å². The summed E-state index contributed by atoms with van der Waals surface area (Å²) < 4.78 is 0. The average molecular weight is 235 g/mol. The Bertz CT molecular complexity index is 469. The highest BCUT2D eigenvalue weighted by atomic mass is 35.5. The lowest BCUT2D eigenvalue weighted by Gasteiger charge is -2.10. The minimum absolute atomic E-state index is 0.0224. The zero-order valence-corrected chi connectivity index (χ0v) is 9.37. The highest BCUT2D eigenvalue weighted by molar-refractivity contribution is 6.30. The van der Waals surface area contributed by atoms with Crippen LogP contribution in [0.25, 0.3) is 6.08 Å². The second-order valence-electron chi connectivity index (χ2n) is 3.72. The largest absolute Gasteiger partial charge is 0.508 e. The van der Waals surface area contributed by atoms with Gasteiger partial charge in [-0.05, 0) is 35.8 Å². The van der Waals surface area contributed by atoms with Gasteiger partial charge in [-0.3, -0.25) is 4.79 Å². The third-order valence-corrected chi connectivity index (χ3v) is 2.73. The van der Waals surface area contributed by atoms with Gasteiger partial charge < -0.3 is 5.11 Å². The Kier molecular flexibility index (Phi) is 3.11. The minimum Gasteiger partial charge on any atom is -0.508 e. The molecule has 2 rings (SSSR count). The Labute approximate surface area is 98.9 Å². The van der Waals surface area contributed by atoms with Crippen molar-refractivity contribution in [2.24, 2.45) is 0 Å². The van der Waals surface area contributed by atoms with E-state index in [2.05, 4.69) is 0 Å². The first-order valence-corrected chi connectivity index (χ1v) is 5.43. The van der Waals surface area contributed by atoms with Crippen LogP contribution in [-0.4, -0.2) is 10.9 Å². The molecule has 1 aromatic carbocycles. The van der Waals surface area contributed by atoms with Gasteiger partial charge in [-0.25, -0.2) is 0 Å². The molecule has 0 saturated carbocycles. The van der Waals surface area contributed by atoms with E-state index < -0.39 is 0 Å². The van der Waals surface area contributed by atoms with Gasteiger partial charge in [-0.15, -0.1) is 0 Å². The van der Waals surface area contributed by atoms with Crippen LogP contribution in [0, 0.1) is 0 Å². The van der Waals surface area contributed by atoms with Gasteiger partial charge in [0, 0.05) is 17.5 Å². The number of carbonyl (C=O) groups excluding carboxylic acids is 1. The molecule has 1 N–H and O–H groups in total. The maximum absolute atomic E-state index is 11.0. The molecule has 0 amide bonds. The molecule has 0 atom stereocenters. The molecule has 0 radical (unpaired) electrons. The maximum Gasteiger partial charge on any atom is 0.159 e. The summed E-state index contributed by atoms with van der Waals surface area (Å²) in [7, 11) is 0. The van der Waals surface area contributed by atoms with Gasteiger partial charge in [0.1, 0.15) is 5.76 Å². The summed E-state index contributed by atoms with van der Waals surface area (Å²) in [6, 6.07) is 7.34. The van der Waals surface area contributed by atoms with Gasteiger partial charge in [-0.2, -0.15) is 0 Å². The summed E-state index contributed by atoms with van der Waals surface area (Å²) in [5.41, 5.74) is 1.76. The highest BCUT2D eigenvalue weighted by Gasteiger charge is 2.13. The number of aliphatic hydroxyl groups is 1.